The second-order valence-corrected chi connectivity index (χ2v) is 6.36. The zero-order chi connectivity index (χ0) is 14.7. The number of ether oxygens (including phenoxy) is 1. The molecule has 22 heavy (non-hydrogen) atoms. The first-order valence-corrected chi connectivity index (χ1v) is 8.00. The minimum absolute atomic E-state index is 0. The monoisotopic (exact) mass is 324 g/mol. The van der Waals surface area contributed by atoms with Gasteiger partial charge in [0.2, 0.25) is 0 Å². The number of amides is 1. The minimum atomic E-state index is 0. The molecular formula is C17H25ClN2O2. The Balaban J connectivity index is 0.00000176. The van der Waals surface area contributed by atoms with Crippen LogP contribution in [0.25, 0.3) is 0 Å². The van der Waals surface area contributed by atoms with E-state index in [4.69, 9.17) is 10.5 Å². The summed E-state index contributed by atoms with van der Waals surface area (Å²) in [6, 6.07) is 8.02. The van der Waals surface area contributed by atoms with E-state index in [9.17, 15) is 4.79 Å². The lowest BCUT2D eigenvalue weighted by Crippen LogP contribution is -2.40. The maximum Gasteiger partial charge on any atom is 0.251 e. The highest BCUT2D eigenvalue weighted by atomic mass is 35.5. The number of hydrogen-bond acceptors (Lipinski definition) is 3. The van der Waals surface area contributed by atoms with E-state index in [1.165, 1.54) is 12.8 Å². The highest BCUT2D eigenvalue weighted by Gasteiger charge is 2.22. The molecule has 0 heterocycles. The van der Waals surface area contributed by atoms with Crippen molar-refractivity contribution in [1.82, 2.24) is 5.32 Å². The molecule has 2 fully saturated rings. The van der Waals surface area contributed by atoms with Crippen LogP contribution in [0.5, 0.6) is 5.75 Å². The molecule has 1 aromatic rings. The minimum Gasteiger partial charge on any atom is -0.493 e. The Morgan fingerprint density at radius 1 is 1.09 bits per heavy atom. The maximum absolute atomic E-state index is 12.2. The smallest absolute Gasteiger partial charge is 0.251 e. The molecule has 0 radical (unpaired) electrons. The normalized spacial score (nSPS) is 24.2. The first-order chi connectivity index (χ1) is 10.2. The molecule has 3 rings (SSSR count). The zero-order valence-corrected chi connectivity index (χ0v) is 13.6. The number of benzene rings is 1. The molecule has 0 aromatic heterocycles. The molecule has 2 aliphatic carbocycles. The molecular weight excluding hydrogens is 300 g/mol. The highest BCUT2D eigenvalue weighted by molar-refractivity contribution is 5.94. The summed E-state index contributed by atoms with van der Waals surface area (Å²) in [6.07, 6.45) is 6.53. The van der Waals surface area contributed by atoms with Gasteiger partial charge in [-0.15, -0.1) is 12.4 Å². The predicted molar refractivity (Wildman–Crippen MR) is 89.6 cm³/mol. The summed E-state index contributed by atoms with van der Waals surface area (Å²) < 4.78 is 5.68. The fourth-order valence-electron chi connectivity index (χ4n) is 2.73. The van der Waals surface area contributed by atoms with Crippen molar-refractivity contribution in [3.8, 4) is 5.75 Å². The van der Waals surface area contributed by atoms with Crippen LogP contribution in [-0.4, -0.2) is 24.6 Å². The average molecular weight is 325 g/mol. The van der Waals surface area contributed by atoms with Gasteiger partial charge in [0, 0.05) is 17.6 Å². The molecule has 0 bridgehead atoms. The standard InChI is InChI=1S/C17H24N2O2.ClH/c18-14-5-7-15(8-6-14)19-17(20)13-3-9-16(10-4-13)21-11-12-1-2-12;/h3-4,9-10,12,14-15H,1-2,5-8,11,18H2,(H,19,20);1H. The molecule has 4 nitrogen and oxygen atoms in total. The number of nitrogens with one attached hydrogen (secondary N) is 1. The van der Waals surface area contributed by atoms with E-state index >= 15 is 0 Å². The van der Waals surface area contributed by atoms with Crippen LogP contribution in [0.15, 0.2) is 24.3 Å². The molecule has 1 amide bonds. The Labute approximate surface area is 138 Å². The second-order valence-electron chi connectivity index (χ2n) is 6.36. The Morgan fingerprint density at radius 2 is 1.73 bits per heavy atom. The van der Waals surface area contributed by atoms with Crippen molar-refractivity contribution in [3.63, 3.8) is 0 Å². The summed E-state index contributed by atoms with van der Waals surface area (Å²) in [4.78, 5) is 12.2. The van der Waals surface area contributed by atoms with Crippen LogP contribution >= 0.6 is 12.4 Å². The van der Waals surface area contributed by atoms with Crippen LogP contribution in [0.2, 0.25) is 0 Å². The second kappa shape index (κ2) is 7.84. The Hall–Kier alpha value is -1.26. The van der Waals surface area contributed by atoms with Gasteiger partial charge in [-0.25, -0.2) is 0 Å². The van der Waals surface area contributed by atoms with Crippen LogP contribution in [-0.2, 0) is 0 Å². The molecule has 122 valence electrons. The Bertz CT molecular complexity index is 480. The van der Waals surface area contributed by atoms with Crippen molar-refractivity contribution in [2.24, 2.45) is 11.7 Å². The van der Waals surface area contributed by atoms with Crippen molar-refractivity contribution >= 4 is 18.3 Å². The van der Waals surface area contributed by atoms with Crippen molar-refractivity contribution in [1.29, 1.82) is 0 Å². The van der Waals surface area contributed by atoms with Crippen LogP contribution in [0.4, 0.5) is 0 Å². The fraction of sp³-hybridized carbons (Fsp3) is 0.588. The van der Waals surface area contributed by atoms with Gasteiger partial charge in [0.15, 0.2) is 0 Å². The van der Waals surface area contributed by atoms with E-state index in [1.807, 2.05) is 24.3 Å². The highest BCUT2D eigenvalue weighted by Crippen LogP contribution is 2.29. The first-order valence-electron chi connectivity index (χ1n) is 8.00. The molecule has 3 N–H and O–H groups in total. The van der Waals surface area contributed by atoms with Crippen molar-refractivity contribution in [2.75, 3.05) is 6.61 Å². The quantitative estimate of drug-likeness (QED) is 0.875. The van der Waals surface area contributed by atoms with Gasteiger partial charge in [0.1, 0.15) is 5.75 Å². The number of carbonyl (C=O) groups is 1. The van der Waals surface area contributed by atoms with Gasteiger partial charge in [-0.1, -0.05) is 0 Å². The SMILES string of the molecule is Cl.NC1CCC(NC(=O)c2ccc(OCC3CC3)cc2)CC1. The van der Waals surface area contributed by atoms with Crippen LogP contribution in [0.1, 0.15) is 48.9 Å². The van der Waals surface area contributed by atoms with Crippen LogP contribution in [0.3, 0.4) is 0 Å². The molecule has 0 saturated heterocycles. The summed E-state index contributed by atoms with van der Waals surface area (Å²) in [7, 11) is 0. The van der Waals surface area contributed by atoms with Gasteiger partial charge in [-0.2, -0.15) is 0 Å². The van der Waals surface area contributed by atoms with Gasteiger partial charge < -0.3 is 15.8 Å². The van der Waals surface area contributed by atoms with E-state index in [-0.39, 0.29) is 24.4 Å². The first kappa shape index (κ1) is 17.1. The predicted octanol–water partition coefficient (Wildman–Crippen LogP) is 2.90. The zero-order valence-electron chi connectivity index (χ0n) is 12.8. The molecule has 0 spiro atoms. The van der Waals surface area contributed by atoms with Crippen molar-refractivity contribution in [2.45, 2.75) is 50.6 Å². The molecule has 0 atom stereocenters. The number of nitrogens with two attached hydrogens (primary N) is 1. The van der Waals surface area contributed by atoms with E-state index in [0.717, 1.165) is 44.0 Å². The number of carbonyl (C=O) groups excluding carboxylic acids is 1. The number of rotatable bonds is 5. The Morgan fingerprint density at radius 3 is 2.32 bits per heavy atom. The lowest BCUT2D eigenvalue weighted by atomic mass is 9.91. The third-order valence-corrected chi connectivity index (χ3v) is 4.41. The average Bonchev–Trinajstić information content (AvgIpc) is 3.32. The van der Waals surface area contributed by atoms with E-state index in [0.29, 0.717) is 11.6 Å². The summed E-state index contributed by atoms with van der Waals surface area (Å²) >= 11 is 0. The van der Waals surface area contributed by atoms with Gasteiger partial charge in [0.05, 0.1) is 6.61 Å². The maximum atomic E-state index is 12.2. The van der Waals surface area contributed by atoms with Gasteiger partial charge in [-0.05, 0) is 68.7 Å². The molecule has 2 saturated carbocycles. The lowest BCUT2D eigenvalue weighted by molar-refractivity contribution is 0.0926. The molecule has 2 aliphatic rings. The van der Waals surface area contributed by atoms with E-state index < -0.39 is 0 Å². The fourth-order valence-corrected chi connectivity index (χ4v) is 2.73. The van der Waals surface area contributed by atoms with Gasteiger partial charge >= 0.3 is 0 Å². The summed E-state index contributed by atoms with van der Waals surface area (Å²) in [5.41, 5.74) is 6.58. The number of hydrogen-bond donors (Lipinski definition) is 2. The lowest BCUT2D eigenvalue weighted by Gasteiger charge is -2.26. The Kier molecular flexibility index (Phi) is 6.09. The third kappa shape index (κ3) is 4.89. The summed E-state index contributed by atoms with van der Waals surface area (Å²) in [6.45, 7) is 0.799. The largest absolute Gasteiger partial charge is 0.493 e. The van der Waals surface area contributed by atoms with E-state index in [2.05, 4.69) is 5.32 Å². The van der Waals surface area contributed by atoms with Crippen LogP contribution in [0, 0.1) is 5.92 Å². The summed E-state index contributed by atoms with van der Waals surface area (Å²) in [5.74, 6) is 1.59. The van der Waals surface area contributed by atoms with Crippen LogP contribution < -0.4 is 15.8 Å². The number of halogens is 1. The van der Waals surface area contributed by atoms with Gasteiger partial charge in [-0.3, -0.25) is 4.79 Å². The molecule has 1 aromatic carbocycles. The van der Waals surface area contributed by atoms with Gasteiger partial charge in [0.25, 0.3) is 5.91 Å². The van der Waals surface area contributed by atoms with Crippen molar-refractivity contribution in [3.05, 3.63) is 29.8 Å². The molecule has 0 aliphatic heterocycles. The summed E-state index contributed by atoms with van der Waals surface area (Å²) in [5, 5.41) is 3.10. The molecule has 5 heteroatoms. The van der Waals surface area contributed by atoms with E-state index in [1.54, 1.807) is 0 Å². The topological polar surface area (TPSA) is 64.3 Å². The third-order valence-electron chi connectivity index (χ3n) is 4.41. The molecule has 0 unspecified atom stereocenters. The van der Waals surface area contributed by atoms with Crippen molar-refractivity contribution < 1.29 is 9.53 Å².